The lowest BCUT2D eigenvalue weighted by atomic mass is 9.99. The van der Waals surface area contributed by atoms with E-state index < -0.39 is 0 Å². The van der Waals surface area contributed by atoms with E-state index in [2.05, 4.69) is 23.5 Å². The summed E-state index contributed by atoms with van der Waals surface area (Å²) < 4.78 is 0. The minimum Gasteiger partial charge on any atom is -0.396 e. The average molecular weight is 177 g/mol. The van der Waals surface area contributed by atoms with Gasteiger partial charge in [0, 0.05) is 24.8 Å². The molecule has 1 aromatic rings. The van der Waals surface area contributed by atoms with Gasteiger partial charge in [0.05, 0.1) is 0 Å². The first-order valence-corrected chi connectivity index (χ1v) is 4.79. The molecule has 0 saturated heterocycles. The fourth-order valence-corrected chi connectivity index (χ4v) is 1.74. The minimum absolute atomic E-state index is 0.228. The van der Waals surface area contributed by atoms with Gasteiger partial charge < -0.3 is 10.4 Å². The van der Waals surface area contributed by atoms with E-state index in [0.717, 1.165) is 13.0 Å². The van der Waals surface area contributed by atoms with E-state index in [1.807, 2.05) is 6.92 Å². The van der Waals surface area contributed by atoms with E-state index >= 15 is 0 Å². The maximum absolute atomic E-state index is 9.02. The van der Waals surface area contributed by atoms with E-state index in [1.165, 1.54) is 16.8 Å². The Morgan fingerprint density at radius 1 is 1.54 bits per heavy atom. The molecule has 1 aromatic carbocycles. The van der Waals surface area contributed by atoms with Gasteiger partial charge in [0.15, 0.2) is 0 Å². The Labute approximate surface area is 78.6 Å². The molecule has 0 saturated carbocycles. The van der Waals surface area contributed by atoms with Crippen LogP contribution in [0.1, 0.15) is 24.0 Å². The molecule has 2 N–H and O–H groups in total. The van der Waals surface area contributed by atoms with Crippen LogP contribution in [0.15, 0.2) is 18.2 Å². The topological polar surface area (TPSA) is 32.3 Å². The van der Waals surface area contributed by atoms with E-state index in [4.69, 9.17) is 5.11 Å². The Morgan fingerprint density at radius 3 is 3.15 bits per heavy atom. The second kappa shape index (κ2) is 3.38. The number of hydrogen-bond acceptors (Lipinski definition) is 2. The van der Waals surface area contributed by atoms with Crippen LogP contribution in [0.4, 0.5) is 5.69 Å². The van der Waals surface area contributed by atoms with Crippen molar-refractivity contribution in [1.29, 1.82) is 0 Å². The minimum atomic E-state index is 0.228. The zero-order valence-corrected chi connectivity index (χ0v) is 7.88. The van der Waals surface area contributed by atoms with Gasteiger partial charge in [-0.05, 0) is 23.6 Å². The smallest absolute Gasteiger partial charge is 0.0497 e. The SMILES string of the molecule is CC(CO)c1ccc2c(c1)CCN2. The molecule has 70 valence electrons. The van der Waals surface area contributed by atoms with Crippen LogP contribution in [-0.4, -0.2) is 18.3 Å². The largest absolute Gasteiger partial charge is 0.396 e. The highest BCUT2D eigenvalue weighted by Gasteiger charge is 2.12. The van der Waals surface area contributed by atoms with Crippen molar-refractivity contribution < 1.29 is 5.11 Å². The zero-order valence-electron chi connectivity index (χ0n) is 7.88. The van der Waals surface area contributed by atoms with Crippen molar-refractivity contribution >= 4 is 5.69 Å². The summed E-state index contributed by atoms with van der Waals surface area (Å²) in [7, 11) is 0. The third-order valence-corrected chi connectivity index (χ3v) is 2.68. The summed E-state index contributed by atoms with van der Waals surface area (Å²) in [6, 6.07) is 6.41. The van der Waals surface area contributed by atoms with Crippen LogP contribution < -0.4 is 5.32 Å². The van der Waals surface area contributed by atoms with Gasteiger partial charge in [0.1, 0.15) is 0 Å². The standard InChI is InChI=1S/C11H15NO/c1-8(7-13)9-2-3-11-10(6-9)4-5-12-11/h2-3,6,8,12-13H,4-5,7H2,1H3. The molecule has 1 aliphatic heterocycles. The summed E-state index contributed by atoms with van der Waals surface area (Å²) in [6.45, 7) is 3.32. The third kappa shape index (κ3) is 1.54. The monoisotopic (exact) mass is 177 g/mol. The van der Waals surface area contributed by atoms with Crippen LogP contribution >= 0.6 is 0 Å². The van der Waals surface area contributed by atoms with Crippen LogP contribution in [0.5, 0.6) is 0 Å². The van der Waals surface area contributed by atoms with E-state index in [1.54, 1.807) is 0 Å². The highest BCUT2D eigenvalue weighted by atomic mass is 16.3. The summed E-state index contributed by atoms with van der Waals surface area (Å²) in [5.74, 6) is 0.255. The van der Waals surface area contributed by atoms with Crippen LogP contribution in [-0.2, 0) is 6.42 Å². The molecule has 0 aromatic heterocycles. The van der Waals surface area contributed by atoms with Gasteiger partial charge in [-0.3, -0.25) is 0 Å². The predicted octanol–water partition coefficient (Wildman–Crippen LogP) is 1.75. The zero-order chi connectivity index (χ0) is 9.26. The Kier molecular flexibility index (Phi) is 2.23. The van der Waals surface area contributed by atoms with Crippen LogP contribution in [0, 0.1) is 0 Å². The van der Waals surface area contributed by atoms with E-state index in [9.17, 15) is 0 Å². The van der Waals surface area contributed by atoms with Crippen molar-refractivity contribution in [2.45, 2.75) is 19.3 Å². The number of benzene rings is 1. The van der Waals surface area contributed by atoms with Crippen LogP contribution in [0.2, 0.25) is 0 Å². The van der Waals surface area contributed by atoms with Crippen molar-refractivity contribution in [2.75, 3.05) is 18.5 Å². The molecule has 2 heteroatoms. The van der Waals surface area contributed by atoms with Gasteiger partial charge >= 0.3 is 0 Å². The number of aliphatic hydroxyl groups is 1. The predicted molar refractivity (Wildman–Crippen MR) is 54.1 cm³/mol. The molecule has 0 aliphatic carbocycles. The highest BCUT2D eigenvalue weighted by molar-refractivity contribution is 5.56. The summed E-state index contributed by atoms with van der Waals surface area (Å²) >= 11 is 0. The normalized spacial score (nSPS) is 16.5. The van der Waals surface area contributed by atoms with Crippen molar-refractivity contribution in [1.82, 2.24) is 0 Å². The Morgan fingerprint density at radius 2 is 2.38 bits per heavy atom. The Balaban J connectivity index is 2.30. The van der Waals surface area contributed by atoms with Gasteiger partial charge in [0.25, 0.3) is 0 Å². The lowest BCUT2D eigenvalue weighted by molar-refractivity contribution is 0.273. The first-order valence-electron chi connectivity index (χ1n) is 4.79. The Bertz CT molecular complexity index is 309. The number of aliphatic hydroxyl groups excluding tert-OH is 1. The molecule has 1 unspecified atom stereocenters. The quantitative estimate of drug-likeness (QED) is 0.721. The average Bonchev–Trinajstić information content (AvgIpc) is 2.63. The molecular weight excluding hydrogens is 162 g/mol. The van der Waals surface area contributed by atoms with Gasteiger partial charge in [-0.1, -0.05) is 19.1 Å². The molecule has 2 nitrogen and oxygen atoms in total. The summed E-state index contributed by atoms with van der Waals surface area (Å²) in [6.07, 6.45) is 1.11. The Hall–Kier alpha value is -1.02. The number of rotatable bonds is 2. The van der Waals surface area contributed by atoms with Gasteiger partial charge in [-0.15, -0.1) is 0 Å². The van der Waals surface area contributed by atoms with Crippen LogP contribution in [0.25, 0.3) is 0 Å². The van der Waals surface area contributed by atoms with Crippen molar-refractivity contribution in [2.24, 2.45) is 0 Å². The molecule has 0 amide bonds. The molecule has 0 bridgehead atoms. The fraction of sp³-hybridized carbons (Fsp3) is 0.455. The number of hydrogen-bond donors (Lipinski definition) is 2. The molecule has 2 rings (SSSR count). The second-order valence-electron chi connectivity index (χ2n) is 3.68. The molecule has 1 atom stereocenters. The lowest BCUT2D eigenvalue weighted by Crippen LogP contribution is -1.99. The molecule has 0 spiro atoms. The number of fused-ring (bicyclic) bond motifs is 1. The summed E-state index contributed by atoms with van der Waals surface area (Å²) in [4.78, 5) is 0. The molecule has 13 heavy (non-hydrogen) atoms. The fourth-order valence-electron chi connectivity index (χ4n) is 1.74. The summed E-state index contributed by atoms with van der Waals surface area (Å²) in [5, 5.41) is 12.3. The molecule has 1 aliphatic rings. The third-order valence-electron chi connectivity index (χ3n) is 2.68. The first kappa shape index (κ1) is 8.57. The highest BCUT2D eigenvalue weighted by Crippen LogP contribution is 2.26. The van der Waals surface area contributed by atoms with Crippen molar-refractivity contribution in [3.63, 3.8) is 0 Å². The lowest BCUT2D eigenvalue weighted by Gasteiger charge is -2.09. The first-order chi connectivity index (χ1) is 6.31. The van der Waals surface area contributed by atoms with Gasteiger partial charge in [-0.25, -0.2) is 0 Å². The number of nitrogens with one attached hydrogen (secondary N) is 1. The molecule has 0 fully saturated rings. The van der Waals surface area contributed by atoms with Gasteiger partial charge in [-0.2, -0.15) is 0 Å². The maximum Gasteiger partial charge on any atom is 0.0497 e. The van der Waals surface area contributed by atoms with E-state index in [0.29, 0.717) is 0 Å². The molecular formula is C11H15NO. The van der Waals surface area contributed by atoms with Gasteiger partial charge in [0.2, 0.25) is 0 Å². The maximum atomic E-state index is 9.02. The molecule has 1 heterocycles. The number of anilines is 1. The van der Waals surface area contributed by atoms with Crippen molar-refractivity contribution in [3.8, 4) is 0 Å². The molecule has 0 radical (unpaired) electrons. The van der Waals surface area contributed by atoms with E-state index in [-0.39, 0.29) is 12.5 Å². The van der Waals surface area contributed by atoms with Crippen LogP contribution in [0.3, 0.4) is 0 Å². The second-order valence-corrected chi connectivity index (χ2v) is 3.68. The summed E-state index contributed by atoms with van der Waals surface area (Å²) in [5.41, 5.74) is 3.89. The van der Waals surface area contributed by atoms with Crippen molar-refractivity contribution in [3.05, 3.63) is 29.3 Å².